The minimum absolute atomic E-state index is 0.0857. The molecule has 0 N–H and O–H groups in total. The lowest BCUT2D eigenvalue weighted by molar-refractivity contribution is 0.593. The van der Waals surface area contributed by atoms with Crippen molar-refractivity contribution in [3.05, 3.63) is 0 Å². The zero-order valence-electron chi connectivity index (χ0n) is 9.78. The maximum atomic E-state index is 6.20. The first-order chi connectivity index (χ1) is 8.38. The summed E-state index contributed by atoms with van der Waals surface area (Å²) in [6.45, 7) is 0. The summed E-state index contributed by atoms with van der Waals surface area (Å²) in [5, 5.41) is -0.495. The predicted molar refractivity (Wildman–Crippen MR) is 88.1 cm³/mol. The molecule has 0 saturated heterocycles. The van der Waals surface area contributed by atoms with Crippen molar-refractivity contribution < 1.29 is 0 Å². The van der Waals surface area contributed by atoms with E-state index >= 15 is 0 Å². The fraction of sp³-hybridized carbons (Fsp3) is 1.00. The summed E-state index contributed by atoms with van der Waals surface area (Å²) in [5.74, 6) is 0.777. The van der Waals surface area contributed by atoms with Gasteiger partial charge in [-0.05, 0) is 25.7 Å². The zero-order chi connectivity index (χ0) is 14.1. The minimum atomic E-state index is -0.117. The molecule has 0 rings (SSSR count). The van der Waals surface area contributed by atoms with Crippen LogP contribution in [0.1, 0.15) is 25.7 Å². The molecule has 0 aromatic carbocycles. The van der Waals surface area contributed by atoms with Crippen LogP contribution in [0.15, 0.2) is 0 Å². The third kappa shape index (κ3) is 10.8. The van der Waals surface area contributed by atoms with E-state index in [1.54, 1.807) is 0 Å². The third-order valence-electron chi connectivity index (χ3n) is 2.38. The molecule has 0 heterocycles. The van der Waals surface area contributed by atoms with E-state index in [-0.39, 0.29) is 26.9 Å². The molecular formula is C11H17Cl7. The van der Waals surface area contributed by atoms with Gasteiger partial charge in [0, 0.05) is 38.6 Å². The Morgan fingerprint density at radius 2 is 0.667 bits per heavy atom. The van der Waals surface area contributed by atoms with Crippen LogP contribution < -0.4 is 0 Å². The molecule has 0 aliphatic rings. The van der Waals surface area contributed by atoms with Crippen molar-refractivity contribution in [1.29, 1.82) is 0 Å². The first-order valence-electron chi connectivity index (χ1n) is 5.71. The quantitative estimate of drug-likeness (QED) is 0.393. The van der Waals surface area contributed by atoms with E-state index in [0.29, 0.717) is 37.4 Å². The Kier molecular flexibility index (Phi) is 13.0. The van der Waals surface area contributed by atoms with Gasteiger partial charge in [-0.25, -0.2) is 0 Å². The van der Waals surface area contributed by atoms with Crippen molar-refractivity contribution in [2.24, 2.45) is 0 Å². The standard InChI is InChI=1S/C11H17Cl7/c12-5-10(17)3-8(15)1-7(14)2-9(16)4-11(18)6-13/h7-11H,1-6H2. The van der Waals surface area contributed by atoms with E-state index in [1.807, 2.05) is 0 Å². The number of hydrogen-bond donors (Lipinski definition) is 0. The van der Waals surface area contributed by atoms with E-state index in [4.69, 9.17) is 81.2 Å². The van der Waals surface area contributed by atoms with Gasteiger partial charge >= 0.3 is 0 Å². The minimum Gasteiger partial charge on any atom is -0.125 e. The number of hydrogen-bond acceptors (Lipinski definition) is 0. The van der Waals surface area contributed by atoms with Crippen LogP contribution in [-0.4, -0.2) is 38.6 Å². The van der Waals surface area contributed by atoms with Gasteiger partial charge in [0.05, 0.1) is 0 Å². The molecule has 0 nitrogen and oxygen atoms in total. The molecule has 0 radical (unpaired) electrons. The molecule has 0 aliphatic heterocycles. The molecule has 0 spiro atoms. The normalized spacial score (nSPS) is 20.2. The summed E-state index contributed by atoms with van der Waals surface area (Å²) in [5.41, 5.74) is 0. The molecular weight excluding hydrogens is 380 g/mol. The highest BCUT2D eigenvalue weighted by molar-refractivity contribution is 6.29. The van der Waals surface area contributed by atoms with E-state index in [9.17, 15) is 0 Å². The van der Waals surface area contributed by atoms with Crippen LogP contribution in [0.5, 0.6) is 0 Å². The predicted octanol–water partition coefficient (Wildman–Crippen LogP) is 6.06. The molecule has 0 amide bonds. The van der Waals surface area contributed by atoms with Crippen LogP contribution in [-0.2, 0) is 0 Å². The summed E-state index contributed by atoms with van der Waals surface area (Å²) < 4.78 is 0. The molecule has 4 unspecified atom stereocenters. The molecule has 0 bridgehead atoms. The fourth-order valence-electron chi connectivity index (χ4n) is 1.52. The summed E-state index contributed by atoms with van der Waals surface area (Å²) in [4.78, 5) is 0. The van der Waals surface area contributed by atoms with Crippen LogP contribution >= 0.6 is 81.2 Å². The lowest BCUT2D eigenvalue weighted by Gasteiger charge is -2.19. The Labute approximate surface area is 145 Å². The molecule has 0 aromatic rings. The Morgan fingerprint density at radius 1 is 0.444 bits per heavy atom. The lowest BCUT2D eigenvalue weighted by Crippen LogP contribution is -2.19. The molecule has 7 heteroatoms. The summed E-state index contributed by atoms with van der Waals surface area (Å²) >= 11 is 41.6. The molecule has 0 aliphatic carbocycles. The second-order valence-corrected chi connectivity index (χ2v) is 7.94. The van der Waals surface area contributed by atoms with Crippen molar-refractivity contribution in [3.8, 4) is 0 Å². The zero-order valence-corrected chi connectivity index (χ0v) is 15.1. The van der Waals surface area contributed by atoms with Crippen molar-refractivity contribution in [1.82, 2.24) is 0 Å². The van der Waals surface area contributed by atoms with Gasteiger partial charge in [-0.15, -0.1) is 81.2 Å². The summed E-state index contributed by atoms with van der Waals surface area (Å²) in [6.07, 6.45) is 2.59. The van der Waals surface area contributed by atoms with Crippen molar-refractivity contribution in [3.63, 3.8) is 0 Å². The van der Waals surface area contributed by atoms with Crippen molar-refractivity contribution in [2.45, 2.75) is 52.6 Å². The highest BCUT2D eigenvalue weighted by Gasteiger charge is 2.20. The van der Waals surface area contributed by atoms with Gasteiger partial charge in [-0.1, -0.05) is 0 Å². The number of halogens is 7. The van der Waals surface area contributed by atoms with Gasteiger partial charge in [0.15, 0.2) is 0 Å². The van der Waals surface area contributed by atoms with Crippen LogP contribution in [0.2, 0.25) is 0 Å². The van der Waals surface area contributed by atoms with Crippen LogP contribution in [0.4, 0.5) is 0 Å². The Balaban J connectivity index is 3.84. The van der Waals surface area contributed by atoms with Crippen LogP contribution in [0.3, 0.4) is 0 Å². The maximum Gasteiger partial charge on any atom is 0.0485 e. The van der Waals surface area contributed by atoms with Crippen LogP contribution in [0, 0.1) is 0 Å². The summed E-state index contributed by atoms with van der Waals surface area (Å²) in [7, 11) is 0. The number of alkyl halides is 7. The summed E-state index contributed by atoms with van der Waals surface area (Å²) in [6, 6.07) is 0. The first-order valence-corrected chi connectivity index (χ1v) is 8.96. The molecule has 110 valence electrons. The Morgan fingerprint density at radius 3 is 0.889 bits per heavy atom. The smallest absolute Gasteiger partial charge is 0.0485 e. The maximum absolute atomic E-state index is 6.20. The lowest BCUT2D eigenvalue weighted by atomic mass is 10.1. The highest BCUT2D eigenvalue weighted by atomic mass is 35.5. The molecule has 4 atom stereocenters. The second kappa shape index (κ2) is 11.7. The SMILES string of the molecule is ClCC(Cl)CC(Cl)CC(Cl)CC(Cl)CC(Cl)CCl. The highest BCUT2D eigenvalue weighted by Crippen LogP contribution is 2.25. The first kappa shape index (κ1) is 20.0. The van der Waals surface area contributed by atoms with Gasteiger partial charge in [-0.3, -0.25) is 0 Å². The van der Waals surface area contributed by atoms with E-state index in [0.717, 1.165) is 0 Å². The molecule has 0 fully saturated rings. The third-order valence-corrected chi connectivity index (χ3v) is 5.18. The largest absolute Gasteiger partial charge is 0.125 e. The van der Waals surface area contributed by atoms with Gasteiger partial charge in [0.2, 0.25) is 0 Å². The Bertz CT molecular complexity index is 182. The van der Waals surface area contributed by atoms with Crippen molar-refractivity contribution >= 4 is 81.2 Å². The van der Waals surface area contributed by atoms with E-state index in [1.165, 1.54) is 0 Å². The average Bonchev–Trinajstić information content (AvgIpc) is 2.27. The second-order valence-electron chi connectivity index (χ2n) is 4.24. The average molecular weight is 397 g/mol. The molecule has 0 aromatic heterocycles. The molecule has 18 heavy (non-hydrogen) atoms. The molecule has 0 saturated carbocycles. The van der Waals surface area contributed by atoms with Gasteiger partial charge < -0.3 is 0 Å². The van der Waals surface area contributed by atoms with Crippen LogP contribution in [0.25, 0.3) is 0 Å². The Hall–Kier alpha value is 2.03. The van der Waals surface area contributed by atoms with Crippen molar-refractivity contribution in [2.75, 3.05) is 11.8 Å². The monoisotopic (exact) mass is 394 g/mol. The van der Waals surface area contributed by atoms with Gasteiger partial charge in [-0.2, -0.15) is 0 Å². The number of rotatable bonds is 10. The van der Waals surface area contributed by atoms with E-state index in [2.05, 4.69) is 0 Å². The topological polar surface area (TPSA) is 0 Å². The fourth-order valence-corrected chi connectivity index (χ4v) is 3.86. The van der Waals surface area contributed by atoms with E-state index < -0.39 is 0 Å². The van der Waals surface area contributed by atoms with Gasteiger partial charge in [0.1, 0.15) is 0 Å². The van der Waals surface area contributed by atoms with Gasteiger partial charge in [0.25, 0.3) is 0 Å².